The lowest BCUT2D eigenvalue weighted by Gasteiger charge is -2.45. The van der Waals surface area contributed by atoms with Crippen molar-refractivity contribution >= 4 is 17.7 Å². The summed E-state index contributed by atoms with van der Waals surface area (Å²) in [6.07, 6.45) is 0.598. The second-order valence-electron chi connectivity index (χ2n) is 7.89. The largest absolute Gasteiger partial charge is 0.438 e. The monoisotopic (exact) mass is 387 g/mol. The van der Waals surface area contributed by atoms with Gasteiger partial charge in [0.15, 0.2) is 0 Å². The molecular weight excluding hydrogens is 362 g/mol. The lowest BCUT2D eigenvalue weighted by Crippen LogP contribution is -2.51. The van der Waals surface area contributed by atoms with Crippen LogP contribution in [0.15, 0.2) is 54.6 Å². The quantitative estimate of drug-likeness (QED) is 0.757. The van der Waals surface area contributed by atoms with Crippen LogP contribution < -0.4 is 0 Å². The fraction of sp³-hybridized carbons (Fsp3) is 0.409. The molecule has 0 saturated carbocycles. The van der Waals surface area contributed by atoms with E-state index in [0.717, 1.165) is 11.1 Å². The summed E-state index contributed by atoms with van der Waals surface area (Å²) in [5, 5.41) is 11.1. The van der Waals surface area contributed by atoms with Crippen molar-refractivity contribution in [1.82, 2.24) is 4.90 Å². The number of ether oxygens (including phenoxy) is 1. The average molecular weight is 388 g/mol. The van der Waals surface area contributed by atoms with Gasteiger partial charge in [0.05, 0.1) is 11.6 Å². The molecule has 0 radical (unpaired) electrons. The molecule has 2 atom stereocenters. The summed E-state index contributed by atoms with van der Waals surface area (Å²) >= 11 is 5.97. The van der Waals surface area contributed by atoms with Gasteiger partial charge in [-0.15, -0.1) is 0 Å². The van der Waals surface area contributed by atoms with Crippen LogP contribution in [-0.2, 0) is 10.3 Å². The highest BCUT2D eigenvalue weighted by atomic mass is 35.5. The zero-order valence-corrected chi connectivity index (χ0v) is 16.7. The number of hydrogen-bond acceptors (Lipinski definition) is 3. The third-order valence-corrected chi connectivity index (χ3v) is 5.36. The van der Waals surface area contributed by atoms with E-state index in [1.165, 1.54) is 0 Å². The highest BCUT2D eigenvalue weighted by molar-refractivity contribution is 6.30. The van der Waals surface area contributed by atoms with Crippen molar-refractivity contribution in [2.45, 2.75) is 50.9 Å². The van der Waals surface area contributed by atoms with Crippen molar-refractivity contribution in [2.75, 3.05) is 6.54 Å². The molecule has 1 N–H and O–H groups in total. The molecule has 0 aliphatic carbocycles. The number of hydrogen-bond donors (Lipinski definition) is 1. The normalized spacial score (nSPS) is 21.7. The fourth-order valence-corrected chi connectivity index (χ4v) is 3.94. The van der Waals surface area contributed by atoms with Crippen LogP contribution in [0.4, 0.5) is 4.79 Å². The van der Waals surface area contributed by atoms with Crippen molar-refractivity contribution in [1.29, 1.82) is 0 Å². The van der Waals surface area contributed by atoms with Gasteiger partial charge in [0, 0.05) is 24.4 Å². The number of cyclic esters (lactones) is 1. The molecule has 1 aliphatic rings. The molecule has 5 heteroatoms. The Bertz CT molecular complexity index is 785. The standard InChI is InChI=1S/C22H26ClNO3/c1-16(17-9-11-19(23)12-10-17)24-14-13-22(27-20(24)25,15-21(2,3)26)18-7-5-4-6-8-18/h4-12,16,26H,13-15H2,1-3H3/t16-,22-/m0/s1. The van der Waals surface area contributed by atoms with Crippen molar-refractivity contribution in [3.8, 4) is 0 Å². The molecule has 1 aliphatic heterocycles. The number of aliphatic hydroxyl groups is 1. The molecule has 27 heavy (non-hydrogen) atoms. The number of carbonyl (C=O) groups is 1. The minimum Gasteiger partial charge on any atom is -0.438 e. The maximum Gasteiger partial charge on any atom is 0.411 e. The predicted molar refractivity (Wildman–Crippen MR) is 107 cm³/mol. The summed E-state index contributed by atoms with van der Waals surface area (Å²) in [4.78, 5) is 14.7. The first-order valence-corrected chi connectivity index (χ1v) is 9.61. The van der Waals surface area contributed by atoms with Gasteiger partial charge >= 0.3 is 6.09 Å². The molecule has 0 bridgehead atoms. The molecule has 1 heterocycles. The predicted octanol–water partition coefficient (Wildman–Crippen LogP) is 5.30. The van der Waals surface area contributed by atoms with E-state index in [1.54, 1.807) is 18.7 Å². The SMILES string of the molecule is C[C@@H](c1ccc(Cl)cc1)N1CC[C@](CC(C)(C)O)(c2ccccc2)OC1=O. The van der Waals surface area contributed by atoms with Crippen LogP contribution in [-0.4, -0.2) is 28.2 Å². The van der Waals surface area contributed by atoms with E-state index < -0.39 is 11.2 Å². The Hall–Kier alpha value is -2.04. The van der Waals surface area contributed by atoms with E-state index in [-0.39, 0.29) is 12.1 Å². The van der Waals surface area contributed by atoms with Crippen molar-refractivity contribution in [3.05, 3.63) is 70.7 Å². The van der Waals surface area contributed by atoms with Crippen LogP contribution >= 0.6 is 11.6 Å². The molecule has 4 nitrogen and oxygen atoms in total. The van der Waals surface area contributed by atoms with E-state index in [4.69, 9.17) is 16.3 Å². The lowest BCUT2D eigenvalue weighted by atomic mass is 9.80. The molecule has 144 valence electrons. The van der Waals surface area contributed by atoms with Gasteiger partial charge in [0.25, 0.3) is 0 Å². The second-order valence-corrected chi connectivity index (χ2v) is 8.32. The second kappa shape index (κ2) is 7.53. The zero-order chi connectivity index (χ0) is 19.7. The van der Waals surface area contributed by atoms with Gasteiger partial charge in [-0.3, -0.25) is 0 Å². The molecule has 1 fully saturated rings. The van der Waals surface area contributed by atoms with Gasteiger partial charge in [-0.05, 0) is 44.0 Å². The summed E-state index contributed by atoms with van der Waals surface area (Å²) in [5.74, 6) is 0. The van der Waals surface area contributed by atoms with Crippen LogP contribution in [0.1, 0.15) is 50.8 Å². The molecule has 3 rings (SSSR count). The minimum atomic E-state index is -0.958. The van der Waals surface area contributed by atoms with E-state index in [1.807, 2.05) is 61.5 Å². The number of rotatable bonds is 5. The summed E-state index contributed by atoms with van der Waals surface area (Å²) < 4.78 is 6.02. The van der Waals surface area contributed by atoms with Gasteiger partial charge in [-0.1, -0.05) is 54.1 Å². The minimum absolute atomic E-state index is 0.120. The first-order chi connectivity index (χ1) is 12.7. The zero-order valence-electron chi connectivity index (χ0n) is 16.0. The maximum atomic E-state index is 12.9. The lowest BCUT2D eigenvalue weighted by molar-refractivity contribution is -0.101. The van der Waals surface area contributed by atoms with Crippen molar-refractivity contribution in [2.24, 2.45) is 0 Å². The number of benzene rings is 2. The summed E-state index contributed by atoms with van der Waals surface area (Å²) in [7, 11) is 0. The first-order valence-electron chi connectivity index (χ1n) is 9.23. The topological polar surface area (TPSA) is 49.8 Å². The molecule has 2 aromatic carbocycles. The summed E-state index contributed by atoms with van der Waals surface area (Å²) in [6.45, 7) is 6.02. The Balaban J connectivity index is 1.85. The fourth-order valence-electron chi connectivity index (χ4n) is 3.81. The summed E-state index contributed by atoms with van der Waals surface area (Å²) in [5.41, 5.74) is 0.137. The third kappa shape index (κ3) is 4.45. The van der Waals surface area contributed by atoms with Crippen LogP contribution in [0, 0.1) is 0 Å². The van der Waals surface area contributed by atoms with Crippen LogP contribution in [0.5, 0.6) is 0 Å². The van der Waals surface area contributed by atoms with Crippen LogP contribution in [0.3, 0.4) is 0 Å². The van der Waals surface area contributed by atoms with E-state index in [9.17, 15) is 9.90 Å². The Kier molecular flexibility index (Phi) is 5.50. The van der Waals surface area contributed by atoms with E-state index >= 15 is 0 Å². The molecule has 0 spiro atoms. The third-order valence-electron chi connectivity index (χ3n) is 5.11. The first kappa shape index (κ1) is 19.7. The molecular formula is C22H26ClNO3. The number of halogens is 1. The highest BCUT2D eigenvalue weighted by Crippen LogP contribution is 2.42. The van der Waals surface area contributed by atoms with Gasteiger partial charge in [0.2, 0.25) is 0 Å². The van der Waals surface area contributed by atoms with Crippen molar-refractivity contribution in [3.63, 3.8) is 0 Å². The Morgan fingerprint density at radius 2 is 1.81 bits per heavy atom. The highest BCUT2D eigenvalue weighted by Gasteiger charge is 2.46. The Morgan fingerprint density at radius 1 is 1.19 bits per heavy atom. The van der Waals surface area contributed by atoms with E-state index in [0.29, 0.717) is 24.4 Å². The average Bonchev–Trinajstić information content (AvgIpc) is 2.61. The molecule has 0 unspecified atom stereocenters. The smallest absolute Gasteiger partial charge is 0.411 e. The van der Waals surface area contributed by atoms with Crippen LogP contribution in [0.2, 0.25) is 5.02 Å². The Labute approximate surface area is 165 Å². The molecule has 1 saturated heterocycles. The summed E-state index contributed by atoms with van der Waals surface area (Å²) in [6, 6.07) is 17.1. The van der Waals surface area contributed by atoms with Crippen LogP contribution in [0.25, 0.3) is 0 Å². The number of carbonyl (C=O) groups excluding carboxylic acids is 1. The van der Waals surface area contributed by atoms with Crippen molar-refractivity contribution < 1.29 is 14.6 Å². The number of nitrogens with zero attached hydrogens (tertiary/aromatic N) is 1. The molecule has 2 aromatic rings. The number of amides is 1. The maximum absolute atomic E-state index is 12.9. The van der Waals surface area contributed by atoms with E-state index in [2.05, 4.69) is 0 Å². The molecule has 1 amide bonds. The van der Waals surface area contributed by atoms with Gasteiger partial charge in [0.1, 0.15) is 5.60 Å². The Morgan fingerprint density at radius 3 is 2.37 bits per heavy atom. The van der Waals surface area contributed by atoms with Gasteiger partial charge in [-0.25, -0.2) is 4.79 Å². The van der Waals surface area contributed by atoms with Gasteiger partial charge < -0.3 is 14.7 Å². The molecule has 0 aromatic heterocycles. The van der Waals surface area contributed by atoms with Gasteiger partial charge in [-0.2, -0.15) is 0 Å².